The lowest BCUT2D eigenvalue weighted by Crippen LogP contribution is -2.44. The number of aromatic nitrogens is 2. The van der Waals surface area contributed by atoms with Crippen LogP contribution in [0.3, 0.4) is 0 Å². The van der Waals surface area contributed by atoms with Gasteiger partial charge in [0.15, 0.2) is 11.0 Å². The van der Waals surface area contributed by atoms with Crippen molar-refractivity contribution >= 4 is 25.8 Å². The van der Waals surface area contributed by atoms with E-state index in [2.05, 4.69) is 4.98 Å². The van der Waals surface area contributed by atoms with E-state index in [1.165, 1.54) is 32.2 Å². The Hall–Kier alpha value is -2.34. The van der Waals surface area contributed by atoms with E-state index in [-0.39, 0.29) is 17.1 Å². The number of aromatic amines is 1. The minimum Gasteiger partial charge on any atom is -0.466 e. The van der Waals surface area contributed by atoms with Crippen molar-refractivity contribution in [1.29, 1.82) is 0 Å². The fraction of sp³-hybridized carbons (Fsp3) is 0.500. The molecule has 0 aliphatic carbocycles. The third-order valence-corrected chi connectivity index (χ3v) is 7.43. The Morgan fingerprint density at radius 2 is 2.09 bits per heavy atom. The van der Waals surface area contributed by atoms with Crippen LogP contribution in [0, 0.1) is 10.7 Å². The number of ether oxygens (including phenoxy) is 2. The molecule has 1 saturated heterocycles. The quantitative estimate of drug-likeness (QED) is 0.237. The molecular weight excluding hydrogens is 499 g/mol. The number of esters is 1. The van der Waals surface area contributed by atoms with Crippen LogP contribution < -0.4 is 10.1 Å². The first-order chi connectivity index (χ1) is 17.2. The van der Waals surface area contributed by atoms with Crippen LogP contribution >= 0.6 is 19.8 Å². The van der Waals surface area contributed by atoms with E-state index in [9.17, 15) is 24.4 Å². The molecule has 13 heteroatoms. The SMILES string of the molecule is [2H]C([2H])(O[P@@](=O)(C[C@@H](C)C(=O)OCC)Oc1ccccc1)[C@H]1O[C@@H](n2ccc(=O)[nH]c2=S)C(C)(O)[C@H]1O. The van der Waals surface area contributed by atoms with Crippen molar-refractivity contribution < 1.29 is 40.8 Å². The van der Waals surface area contributed by atoms with E-state index < -0.39 is 61.8 Å². The molecule has 3 rings (SSSR count). The summed E-state index contributed by atoms with van der Waals surface area (Å²) in [6.45, 7) is 1.31. The van der Waals surface area contributed by atoms with Crippen LogP contribution in [0.1, 0.15) is 29.7 Å². The van der Waals surface area contributed by atoms with E-state index in [0.717, 1.165) is 10.6 Å². The summed E-state index contributed by atoms with van der Waals surface area (Å²) in [6, 6.07) is 8.94. The van der Waals surface area contributed by atoms with E-state index in [1.54, 1.807) is 25.1 Å². The van der Waals surface area contributed by atoms with Crippen molar-refractivity contribution in [3.8, 4) is 5.75 Å². The monoisotopic (exact) mass is 530 g/mol. The molecule has 2 aromatic rings. The third-order valence-electron chi connectivity index (χ3n) is 5.25. The third kappa shape index (κ3) is 6.46. The molecule has 2 heterocycles. The lowest BCUT2D eigenvalue weighted by atomic mass is 9.96. The normalized spacial score (nSPS) is 27.9. The molecule has 0 radical (unpaired) electrons. The van der Waals surface area contributed by atoms with E-state index in [1.807, 2.05) is 0 Å². The largest absolute Gasteiger partial charge is 0.466 e. The number of hydrogen-bond acceptors (Lipinski definition) is 10. The number of aliphatic hydroxyl groups excluding tert-OH is 1. The van der Waals surface area contributed by atoms with Gasteiger partial charge in [-0.3, -0.25) is 23.7 Å². The van der Waals surface area contributed by atoms with Crippen LogP contribution in [0.4, 0.5) is 0 Å². The molecule has 1 fully saturated rings. The predicted molar refractivity (Wildman–Crippen MR) is 128 cm³/mol. The Kier molecular flexibility index (Phi) is 7.76. The highest BCUT2D eigenvalue weighted by Gasteiger charge is 2.53. The number of para-hydroxylation sites is 1. The molecule has 0 amide bonds. The molecule has 0 saturated carbocycles. The summed E-state index contributed by atoms with van der Waals surface area (Å²) in [5, 5.41) is 21.8. The predicted octanol–water partition coefficient (Wildman–Crippen LogP) is 2.40. The summed E-state index contributed by atoms with van der Waals surface area (Å²) in [6.07, 6.45) is -4.55. The first-order valence-corrected chi connectivity index (χ1v) is 12.9. The number of rotatable bonds is 10. The molecule has 6 atom stereocenters. The fourth-order valence-electron chi connectivity index (χ4n) is 3.42. The highest BCUT2D eigenvalue weighted by molar-refractivity contribution is 7.71. The molecule has 1 aliphatic heterocycles. The van der Waals surface area contributed by atoms with E-state index >= 15 is 0 Å². The Bertz CT molecular complexity index is 1270. The Balaban J connectivity index is 1.93. The minimum atomic E-state index is -4.45. The van der Waals surface area contributed by atoms with Crippen molar-refractivity contribution in [2.45, 2.75) is 44.8 Å². The van der Waals surface area contributed by atoms with Crippen molar-refractivity contribution in [3.05, 3.63) is 57.7 Å². The van der Waals surface area contributed by atoms with Gasteiger partial charge in [-0.05, 0) is 38.2 Å². The average molecular weight is 531 g/mol. The molecule has 1 aromatic carbocycles. The van der Waals surface area contributed by atoms with Gasteiger partial charge in [-0.2, -0.15) is 0 Å². The first-order valence-electron chi connectivity index (χ1n) is 11.8. The molecule has 0 bridgehead atoms. The Morgan fingerprint density at radius 3 is 2.71 bits per heavy atom. The number of carbonyl (C=O) groups excluding carboxylic acids is 1. The van der Waals surface area contributed by atoms with Gasteiger partial charge in [0.25, 0.3) is 5.56 Å². The van der Waals surface area contributed by atoms with Crippen LogP contribution in [-0.2, 0) is 23.4 Å². The summed E-state index contributed by atoms with van der Waals surface area (Å²) >= 11 is 5.10. The standard InChI is InChI=1S/C22H29N2O9PS/c1-4-30-19(27)14(2)13-34(29,33-15-8-6-5-7-9-15)31-12-16-18(26)22(3,28)20(32-16)24-11-10-17(25)23-21(24)35/h5-11,14,16,18,20,26,28H,4,12-13H2,1-3H3,(H,23,25,35)/t14-,16-,18+,20-,22?,34+/m1/s1/i12D2. The molecule has 1 aromatic heterocycles. The van der Waals surface area contributed by atoms with Gasteiger partial charge < -0.3 is 24.2 Å². The van der Waals surface area contributed by atoms with Gasteiger partial charge in [0.1, 0.15) is 23.6 Å². The van der Waals surface area contributed by atoms with Gasteiger partial charge in [-0.15, -0.1) is 0 Å². The molecule has 3 N–H and O–H groups in total. The smallest absolute Gasteiger partial charge is 0.380 e. The van der Waals surface area contributed by atoms with Crippen molar-refractivity contribution in [2.24, 2.45) is 5.92 Å². The first kappa shape index (κ1) is 24.4. The van der Waals surface area contributed by atoms with Crippen molar-refractivity contribution in [1.82, 2.24) is 9.55 Å². The fourth-order valence-corrected chi connectivity index (χ4v) is 5.39. The number of hydrogen-bond donors (Lipinski definition) is 3. The van der Waals surface area contributed by atoms with Crippen LogP contribution in [0.2, 0.25) is 0 Å². The van der Waals surface area contributed by atoms with Gasteiger partial charge >= 0.3 is 13.6 Å². The zero-order valence-corrected chi connectivity index (χ0v) is 21.0. The summed E-state index contributed by atoms with van der Waals surface area (Å²) in [5.74, 6) is -1.58. The number of H-pyrrole nitrogens is 1. The second kappa shape index (κ2) is 11.2. The van der Waals surface area contributed by atoms with E-state index in [0.29, 0.717) is 0 Å². The molecular formula is C22H29N2O9PS. The average Bonchev–Trinajstić information content (AvgIpc) is 3.03. The molecule has 11 nitrogen and oxygen atoms in total. The van der Waals surface area contributed by atoms with Gasteiger partial charge in [-0.1, -0.05) is 25.1 Å². The van der Waals surface area contributed by atoms with Crippen LogP contribution in [0.5, 0.6) is 5.75 Å². The highest BCUT2D eigenvalue weighted by Crippen LogP contribution is 2.51. The molecule has 35 heavy (non-hydrogen) atoms. The Morgan fingerprint density at radius 1 is 1.40 bits per heavy atom. The highest BCUT2D eigenvalue weighted by atomic mass is 32.1. The zero-order chi connectivity index (χ0) is 27.6. The number of nitrogens with one attached hydrogen (secondary N) is 1. The summed E-state index contributed by atoms with van der Waals surface area (Å²) < 4.78 is 53.4. The second-order valence-electron chi connectivity index (χ2n) is 8.16. The number of benzene rings is 1. The molecule has 1 aliphatic rings. The molecule has 192 valence electrons. The van der Waals surface area contributed by atoms with Crippen LogP contribution in [0.15, 0.2) is 47.4 Å². The number of nitrogens with zero attached hydrogens (tertiary/aromatic N) is 1. The lowest BCUT2D eigenvalue weighted by molar-refractivity contribution is -0.146. The topological polar surface area (TPSA) is 149 Å². The lowest BCUT2D eigenvalue weighted by Gasteiger charge is -2.28. The van der Waals surface area contributed by atoms with Crippen molar-refractivity contribution in [2.75, 3.05) is 19.3 Å². The number of carbonyl (C=O) groups is 1. The van der Waals surface area contributed by atoms with E-state index in [4.69, 9.17) is 33.5 Å². The minimum absolute atomic E-state index is 0.0839. The summed E-state index contributed by atoms with van der Waals surface area (Å²) in [4.78, 5) is 26.1. The maximum Gasteiger partial charge on any atom is 0.380 e. The van der Waals surface area contributed by atoms with Crippen LogP contribution in [0.25, 0.3) is 0 Å². The summed E-state index contributed by atoms with van der Waals surface area (Å²) in [7, 11) is -4.45. The summed E-state index contributed by atoms with van der Waals surface area (Å²) in [5.41, 5.74) is -2.62. The van der Waals surface area contributed by atoms with Gasteiger partial charge in [0.05, 0.1) is 28.0 Å². The Labute approximate surface area is 210 Å². The van der Waals surface area contributed by atoms with Gasteiger partial charge in [-0.25, -0.2) is 4.57 Å². The second-order valence-corrected chi connectivity index (χ2v) is 10.5. The van der Waals surface area contributed by atoms with Crippen LogP contribution in [-0.4, -0.2) is 62.9 Å². The zero-order valence-electron chi connectivity index (χ0n) is 21.3. The molecule has 1 unspecified atom stereocenters. The molecule has 0 spiro atoms. The van der Waals surface area contributed by atoms with Gasteiger partial charge in [0, 0.05) is 12.3 Å². The maximum atomic E-state index is 13.8. The maximum absolute atomic E-state index is 13.8. The number of aliphatic hydroxyl groups is 2. The van der Waals surface area contributed by atoms with Gasteiger partial charge in [0.2, 0.25) is 0 Å². The van der Waals surface area contributed by atoms with Crippen molar-refractivity contribution in [3.63, 3.8) is 0 Å².